The molecule has 0 aromatic carbocycles. The largest absolute Gasteiger partial charge is 0.396 e. The van der Waals surface area contributed by atoms with Crippen LogP contribution in [0.5, 0.6) is 0 Å². The Morgan fingerprint density at radius 3 is 2.57 bits per heavy atom. The van der Waals surface area contributed by atoms with Crippen molar-refractivity contribution in [2.75, 3.05) is 6.61 Å². The Morgan fingerprint density at radius 2 is 2.07 bits per heavy atom. The van der Waals surface area contributed by atoms with E-state index >= 15 is 0 Å². The summed E-state index contributed by atoms with van der Waals surface area (Å²) >= 11 is 0. The first-order valence-electron chi connectivity index (χ1n) is 4.37. The lowest BCUT2D eigenvalue weighted by molar-refractivity contribution is 0.207. The summed E-state index contributed by atoms with van der Waals surface area (Å²) in [5.74, 6) is -3.63. The van der Waals surface area contributed by atoms with Gasteiger partial charge in [-0.3, -0.25) is 0 Å². The first-order chi connectivity index (χ1) is 6.47. The normalized spacial score (nSPS) is 28.6. The SMILES string of the molecule is O=S(=O)(NC1CCCC1CO)C(F)F. The first-order valence-corrected chi connectivity index (χ1v) is 5.92. The van der Waals surface area contributed by atoms with Crippen LogP contribution < -0.4 is 4.72 Å². The van der Waals surface area contributed by atoms with Gasteiger partial charge in [-0.15, -0.1) is 0 Å². The van der Waals surface area contributed by atoms with Crippen molar-refractivity contribution in [2.24, 2.45) is 5.92 Å². The topological polar surface area (TPSA) is 66.4 Å². The smallest absolute Gasteiger partial charge is 0.350 e. The molecule has 1 fully saturated rings. The number of aliphatic hydroxyl groups excluding tert-OH is 1. The lowest BCUT2D eigenvalue weighted by atomic mass is 10.1. The Hall–Kier alpha value is -0.270. The molecule has 0 radical (unpaired) electrons. The molecule has 7 heteroatoms. The van der Waals surface area contributed by atoms with Crippen molar-refractivity contribution in [1.82, 2.24) is 4.72 Å². The zero-order valence-electron chi connectivity index (χ0n) is 7.49. The van der Waals surface area contributed by atoms with Crippen LogP contribution in [0.15, 0.2) is 0 Å². The molecule has 0 aromatic heterocycles. The van der Waals surface area contributed by atoms with Gasteiger partial charge in [0.1, 0.15) is 0 Å². The van der Waals surface area contributed by atoms with Crippen molar-refractivity contribution in [3.8, 4) is 0 Å². The van der Waals surface area contributed by atoms with Gasteiger partial charge < -0.3 is 5.11 Å². The van der Waals surface area contributed by atoms with Crippen LogP contribution in [0.25, 0.3) is 0 Å². The van der Waals surface area contributed by atoms with Gasteiger partial charge in [0, 0.05) is 12.6 Å². The van der Waals surface area contributed by atoms with Gasteiger partial charge in [0.25, 0.3) is 10.0 Å². The van der Waals surface area contributed by atoms with E-state index in [1.54, 1.807) is 0 Å². The molecule has 0 aromatic rings. The predicted octanol–water partition coefficient (Wildman–Crippen LogP) is 0.289. The van der Waals surface area contributed by atoms with E-state index in [0.717, 1.165) is 6.42 Å². The minimum absolute atomic E-state index is 0.170. The van der Waals surface area contributed by atoms with Crippen LogP contribution >= 0.6 is 0 Å². The van der Waals surface area contributed by atoms with Gasteiger partial charge >= 0.3 is 5.76 Å². The maximum Gasteiger partial charge on any atom is 0.350 e. The molecule has 2 atom stereocenters. The summed E-state index contributed by atoms with van der Waals surface area (Å²) < 4.78 is 47.5. The number of sulfonamides is 1. The quantitative estimate of drug-likeness (QED) is 0.728. The van der Waals surface area contributed by atoms with Crippen LogP contribution in [0.3, 0.4) is 0 Å². The molecular formula is C7H13F2NO3S. The molecule has 0 heterocycles. The third-order valence-electron chi connectivity index (χ3n) is 2.44. The molecule has 0 bridgehead atoms. The van der Waals surface area contributed by atoms with Crippen molar-refractivity contribution >= 4 is 10.0 Å². The standard InChI is InChI=1S/C7H13F2NO3S/c8-7(9)14(12,13)10-6-3-1-2-5(6)4-11/h5-7,10-11H,1-4H2. The summed E-state index contributed by atoms with van der Waals surface area (Å²) in [6.07, 6.45) is 1.94. The molecular weight excluding hydrogens is 216 g/mol. The fourth-order valence-corrected chi connectivity index (χ4v) is 2.51. The fourth-order valence-electron chi connectivity index (χ4n) is 1.67. The van der Waals surface area contributed by atoms with Crippen molar-refractivity contribution in [2.45, 2.75) is 31.1 Å². The van der Waals surface area contributed by atoms with E-state index in [1.807, 2.05) is 4.72 Å². The van der Waals surface area contributed by atoms with E-state index < -0.39 is 21.8 Å². The van der Waals surface area contributed by atoms with Crippen LogP contribution in [-0.4, -0.2) is 31.9 Å². The number of halogens is 2. The summed E-state index contributed by atoms with van der Waals surface area (Å²) in [6, 6.07) is -0.543. The third-order valence-corrected chi connectivity index (χ3v) is 3.54. The van der Waals surface area contributed by atoms with E-state index in [2.05, 4.69) is 0 Å². The summed E-state index contributed by atoms with van der Waals surface area (Å²) in [5.41, 5.74) is 0. The van der Waals surface area contributed by atoms with Gasteiger partial charge in [0.2, 0.25) is 0 Å². The molecule has 1 rings (SSSR count). The molecule has 0 aliphatic heterocycles. The number of alkyl halides is 2. The highest BCUT2D eigenvalue weighted by Gasteiger charge is 2.33. The van der Waals surface area contributed by atoms with Gasteiger partial charge in [-0.25, -0.2) is 13.1 Å². The van der Waals surface area contributed by atoms with Gasteiger partial charge in [-0.05, 0) is 18.8 Å². The number of rotatable bonds is 4. The Kier molecular flexibility index (Phi) is 3.79. The number of aliphatic hydroxyl groups is 1. The molecule has 4 nitrogen and oxygen atoms in total. The molecule has 1 aliphatic carbocycles. The molecule has 14 heavy (non-hydrogen) atoms. The van der Waals surface area contributed by atoms with Gasteiger partial charge in [-0.1, -0.05) is 6.42 Å². The number of nitrogens with one attached hydrogen (secondary N) is 1. The molecule has 2 unspecified atom stereocenters. The first kappa shape index (κ1) is 11.8. The molecule has 1 saturated carbocycles. The Bertz CT molecular complexity index is 281. The van der Waals surface area contributed by atoms with Crippen LogP contribution in [0.2, 0.25) is 0 Å². The van der Waals surface area contributed by atoms with E-state index in [0.29, 0.717) is 12.8 Å². The maximum atomic E-state index is 12.0. The van der Waals surface area contributed by atoms with E-state index in [1.165, 1.54) is 0 Å². The zero-order chi connectivity index (χ0) is 10.8. The molecule has 1 aliphatic rings. The molecule has 84 valence electrons. The fraction of sp³-hybridized carbons (Fsp3) is 1.00. The second kappa shape index (κ2) is 4.50. The second-order valence-electron chi connectivity index (χ2n) is 3.40. The maximum absolute atomic E-state index is 12.0. The average Bonchev–Trinajstić information content (AvgIpc) is 2.50. The monoisotopic (exact) mass is 229 g/mol. The molecule has 0 spiro atoms. The molecule has 2 N–H and O–H groups in total. The van der Waals surface area contributed by atoms with Crippen LogP contribution in [0.4, 0.5) is 8.78 Å². The predicted molar refractivity (Wildman–Crippen MR) is 46.3 cm³/mol. The minimum Gasteiger partial charge on any atom is -0.396 e. The zero-order valence-corrected chi connectivity index (χ0v) is 8.30. The lowest BCUT2D eigenvalue weighted by Crippen LogP contribution is -2.41. The van der Waals surface area contributed by atoms with E-state index in [-0.39, 0.29) is 12.5 Å². The molecule has 0 amide bonds. The summed E-state index contributed by atoms with van der Waals surface area (Å²) in [6.45, 7) is -0.170. The van der Waals surface area contributed by atoms with Crippen molar-refractivity contribution < 1.29 is 22.3 Å². The van der Waals surface area contributed by atoms with Crippen molar-refractivity contribution in [3.05, 3.63) is 0 Å². The van der Waals surface area contributed by atoms with Gasteiger partial charge in [0.05, 0.1) is 0 Å². The summed E-state index contributed by atoms with van der Waals surface area (Å²) in [4.78, 5) is 0. The molecule has 0 saturated heterocycles. The third kappa shape index (κ3) is 2.61. The van der Waals surface area contributed by atoms with Crippen LogP contribution in [-0.2, 0) is 10.0 Å². The Morgan fingerprint density at radius 1 is 1.43 bits per heavy atom. The Labute approximate surface area is 81.4 Å². The minimum atomic E-state index is -4.52. The van der Waals surface area contributed by atoms with Gasteiger partial charge in [0.15, 0.2) is 0 Å². The van der Waals surface area contributed by atoms with Crippen molar-refractivity contribution in [1.29, 1.82) is 0 Å². The van der Waals surface area contributed by atoms with Crippen LogP contribution in [0, 0.1) is 5.92 Å². The lowest BCUT2D eigenvalue weighted by Gasteiger charge is -2.18. The van der Waals surface area contributed by atoms with E-state index in [9.17, 15) is 17.2 Å². The van der Waals surface area contributed by atoms with Crippen LogP contribution in [0.1, 0.15) is 19.3 Å². The average molecular weight is 229 g/mol. The highest BCUT2D eigenvalue weighted by Crippen LogP contribution is 2.26. The van der Waals surface area contributed by atoms with Gasteiger partial charge in [-0.2, -0.15) is 8.78 Å². The highest BCUT2D eigenvalue weighted by molar-refractivity contribution is 7.89. The Balaban J connectivity index is 2.60. The van der Waals surface area contributed by atoms with Crippen molar-refractivity contribution in [3.63, 3.8) is 0 Å². The number of hydrogen-bond acceptors (Lipinski definition) is 3. The summed E-state index contributed by atoms with van der Waals surface area (Å²) in [7, 11) is -4.52. The summed E-state index contributed by atoms with van der Waals surface area (Å²) in [5, 5.41) is 8.85. The highest BCUT2D eigenvalue weighted by atomic mass is 32.2. The number of hydrogen-bond donors (Lipinski definition) is 2. The van der Waals surface area contributed by atoms with E-state index in [4.69, 9.17) is 5.11 Å². The second-order valence-corrected chi connectivity index (χ2v) is 5.09.